The summed E-state index contributed by atoms with van der Waals surface area (Å²) in [5.74, 6) is 0.468. The molecule has 0 fully saturated rings. The third-order valence-corrected chi connectivity index (χ3v) is 6.07. The van der Waals surface area contributed by atoms with Crippen LogP contribution in [0.2, 0.25) is 5.02 Å². The molecule has 2 heterocycles. The Bertz CT molecular complexity index is 1260. The Morgan fingerprint density at radius 3 is 2.61 bits per heavy atom. The molecule has 1 aliphatic rings. The number of rotatable bonds is 4. The van der Waals surface area contributed by atoms with Crippen LogP contribution in [0.25, 0.3) is 11.3 Å². The summed E-state index contributed by atoms with van der Waals surface area (Å²) < 4.78 is 20.2. The Labute approximate surface area is 187 Å². The molecule has 3 aromatic carbocycles. The number of anilines is 1. The molecule has 1 unspecified atom stereocenters. The van der Waals surface area contributed by atoms with Crippen molar-refractivity contribution < 1.29 is 9.13 Å². The number of thioether (sulfide) groups is 1. The van der Waals surface area contributed by atoms with Gasteiger partial charge in [0.25, 0.3) is 0 Å². The lowest BCUT2D eigenvalue weighted by atomic mass is 10.1. The van der Waals surface area contributed by atoms with Gasteiger partial charge in [0.1, 0.15) is 5.82 Å². The van der Waals surface area contributed by atoms with Gasteiger partial charge in [-0.1, -0.05) is 78.0 Å². The third-order valence-electron chi connectivity index (χ3n) is 4.84. The first-order chi connectivity index (χ1) is 15.2. The predicted molar refractivity (Wildman–Crippen MR) is 120 cm³/mol. The Balaban J connectivity index is 1.51. The van der Waals surface area contributed by atoms with Gasteiger partial charge < -0.3 is 10.1 Å². The van der Waals surface area contributed by atoms with Crippen molar-refractivity contribution in [1.29, 1.82) is 0 Å². The van der Waals surface area contributed by atoms with E-state index in [1.807, 2.05) is 48.5 Å². The highest BCUT2D eigenvalue weighted by molar-refractivity contribution is 7.98. The minimum atomic E-state index is -0.558. The number of para-hydroxylation sites is 1. The SMILES string of the molecule is Fc1ccccc1CSc1nnc2c(n1)OC(c1ccccc1Cl)Nc1ccccc1-2. The second-order valence-electron chi connectivity index (χ2n) is 6.84. The average Bonchev–Trinajstić information content (AvgIpc) is 2.95. The largest absolute Gasteiger partial charge is 0.448 e. The fourth-order valence-electron chi connectivity index (χ4n) is 3.29. The Kier molecular flexibility index (Phi) is 5.44. The zero-order chi connectivity index (χ0) is 21.2. The van der Waals surface area contributed by atoms with Gasteiger partial charge in [0.05, 0.1) is 0 Å². The number of halogens is 2. The molecule has 0 spiro atoms. The maximum absolute atomic E-state index is 13.9. The van der Waals surface area contributed by atoms with Gasteiger partial charge in [-0.15, -0.1) is 10.2 Å². The van der Waals surface area contributed by atoms with Crippen LogP contribution in [0, 0.1) is 5.82 Å². The van der Waals surface area contributed by atoms with Crippen LogP contribution in [-0.2, 0) is 5.75 Å². The molecule has 1 N–H and O–H groups in total. The summed E-state index contributed by atoms with van der Waals surface area (Å²) in [5.41, 5.74) is 3.57. The standard InChI is InChI=1S/C23H16ClFN4OS/c24-17-10-4-2-8-15(17)21-26-19-12-6-3-9-16(19)20-22(30-21)27-23(29-28-20)31-13-14-7-1-5-11-18(14)25/h1-12,21,26H,13H2. The maximum Gasteiger partial charge on any atom is 0.247 e. The predicted octanol–water partition coefficient (Wildman–Crippen LogP) is 6.13. The lowest BCUT2D eigenvalue weighted by Gasteiger charge is -2.20. The van der Waals surface area contributed by atoms with Crippen molar-refractivity contribution in [2.75, 3.05) is 5.32 Å². The molecular formula is C23H16ClFN4OS. The monoisotopic (exact) mass is 450 g/mol. The van der Waals surface area contributed by atoms with Gasteiger partial charge in [-0.25, -0.2) is 4.39 Å². The summed E-state index contributed by atoms with van der Waals surface area (Å²) in [6.45, 7) is 0. The van der Waals surface area contributed by atoms with E-state index in [2.05, 4.69) is 20.5 Å². The van der Waals surface area contributed by atoms with Crippen LogP contribution in [-0.4, -0.2) is 15.2 Å². The summed E-state index contributed by atoms with van der Waals surface area (Å²) >= 11 is 7.72. The molecule has 154 valence electrons. The van der Waals surface area contributed by atoms with Crippen LogP contribution in [0.3, 0.4) is 0 Å². The minimum Gasteiger partial charge on any atom is -0.448 e. The van der Waals surface area contributed by atoms with Crippen molar-refractivity contribution in [1.82, 2.24) is 15.2 Å². The third kappa shape index (κ3) is 4.06. The average molecular weight is 451 g/mol. The molecule has 1 aromatic heterocycles. The van der Waals surface area contributed by atoms with Crippen molar-refractivity contribution in [3.05, 3.63) is 94.8 Å². The maximum atomic E-state index is 13.9. The van der Waals surface area contributed by atoms with Gasteiger partial charge in [-0.05, 0) is 23.8 Å². The molecule has 0 saturated carbocycles. The van der Waals surface area contributed by atoms with Crippen molar-refractivity contribution in [2.45, 2.75) is 17.1 Å². The first kappa shape index (κ1) is 19.8. The van der Waals surface area contributed by atoms with E-state index in [0.717, 1.165) is 16.8 Å². The van der Waals surface area contributed by atoms with E-state index in [9.17, 15) is 4.39 Å². The molecule has 0 bridgehead atoms. The first-order valence-corrected chi connectivity index (χ1v) is 10.9. The molecule has 0 aliphatic carbocycles. The fourth-order valence-corrected chi connectivity index (χ4v) is 4.29. The number of aromatic nitrogens is 3. The minimum absolute atomic E-state index is 0.258. The summed E-state index contributed by atoms with van der Waals surface area (Å²) in [6.07, 6.45) is -0.558. The van der Waals surface area contributed by atoms with Crippen molar-refractivity contribution >= 4 is 29.1 Å². The number of fused-ring (bicyclic) bond motifs is 3. The lowest BCUT2D eigenvalue weighted by Crippen LogP contribution is -2.17. The van der Waals surface area contributed by atoms with Crippen molar-refractivity contribution in [3.63, 3.8) is 0 Å². The summed E-state index contributed by atoms with van der Waals surface area (Å²) in [5, 5.41) is 13.0. The first-order valence-electron chi connectivity index (χ1n) is 9.57. The van der Waals surface area contributed by atoms with Crippen LogP contribution in [0.4, 0.5) is 10.1 Å². The topological polar surface area (TPSA) is 59.9 Å². The highest BCUT2D eigenvalue weighted by Gasteiger charge is 2.27. The van der Waals surface area contributed by atoms with Gasteiger partial charge in [-0.3, -0.25) is 0 Å². The number of hydrogen-bond donors (Lipinski definition) is 1. The molecule has 5 rings (SSSR count). The smallest absolute Gasteiger partial charge is 0.247 e. The van der Waals surface area contributed by atoms with Gasteiger partial charge in [0.15, 0.2) is 11.9 Å². The highest BCUT2D eigenvalue weighted by atomic mass is 35.5. The Morgan fingerprint density at radius 1 is 0.968 bits per heavy atom. The molecule has 5 nitrogen and oxygen atoms in total. The molecule has 4 aromatic rings. The quantitative estimate of drug-likeness (QED) is 0.377. The van der Waals surface area contributed by atoms with E-state index in [-0.39, 0.29) is 5.82 Å². The van der Waals surface area contributed by atoms with Gasteiger partial charge >= 0.3 is 0 Å². The van der Waals surface area contributed by atoms with Gasteiger partial charge in [0.2, 0.25) is 11.0 Å². The summed E-state index contributed by atoms with van der Waals surface area (Å²) in [4.78, 5) is 4.58. The van der Waals surface area contributed by atoms with E-state index < -0.39 is 6.23 Å². The number of hydrogen-bond acceptors (Lipinski definition) is 6. The Morgan fingerprint density at radius 2 is 1.74 bits per heavy atom. The second-order valence-corrected chi connectivity index (χ2v) is 8.19. The summed E-state index contributed by atoms with van der Waals surface area (Å²) in [7, 11) is 0. The van der Waals surface area contributed by atoms with E-state index >= 15 is 0 Å². The number of benzene rings is 3. The zero-order valence-electron chi connectivity index (χ0n) is 16.1. The van der Waals surface area contributed by atoms with Gasteiger partial charge in [-0.2, -0.15) is 4.98 Å². The zero-order valence-corrected chi connectivity index (χ0v) is 17.7. The molecule has 31 heavy (non-hydrogen) atoms. The fraction of sp³-hybridized carbons (Fsp3) is 0.0870. The van der Waals surface area contributed by atoms with Crippen molar-refractivity contribution in [2.24, 2.45) is 0 Å². The van der Waals surface area contributed by atoms with Crippen LogP contribution in [0.5, 0.6) is 5.88 Å². The van der Waals surface area contributed by atoms with Gasteiger partial charge in [0, 0.05) is 27.6 Å². The molecule has 8 heteroatoms. The molecule has 0 saturated heterocycles. The lowest BCUT2D eigenvalue weighted by molar-refractivity contribution is 0.225. The molecule has 0 amide bonds. The molecular weight excluding hydrogens is 435 g/mol. The molecule has 1 atom stereocenters. The number of nitrogens with zero attached hydrogens (tertiary/aromatic N) is 3. The normalized spacial score (nSPS) is 14.6. The summed E-state index contributed by atoms with van der Waals surface area (Å²) in [6, 6.07) is 21.8. The van der Waals surface area contributed by atoms with E-state index in [1.165, 1.54) is 17.8 Å². The Hall–Kier alpha value is -3.16. The molecule has 0 radical (unpaired) electrons. The second kappa shape index (κ2) is 8.53. The van der Waals surface area contributed by atoms with E-state index in [0.29, 0.717) is 33.1 Å². The van der Waals surface area contributed by atoms with Crippen LogP contribution < -0.4 is 10.1 Å². The highest BCUT2D eigenvalue weighted by Crippen LogP contribution is 2.40. The number of ether oxygens (including phenoxy) is 1. The van der Waals surface area contributed by atoms with Crippen LogP contribution >= 0.6 is 23.4 Å². The molecule has 1 aliphatic heterocycles. The van der Waals surface area contributed by atoms with E-state index in [4.69, 9.17) is 16.3 Å². The van der Waals surface area contributed by atoms with E-state index in [1.54, 1.807) is 18.2 Å². The van der Waals surface area contributed by atoms with Crippen LogP contribution in [0.15, 0.2) is 78.0 Å². The number of nitrogens with one attached hydrogen (secondary N) is 1. The van der Waals surface area contributed by atoms with Crippen LogP contribution in [0.1, 0.15) is 17.4 Å². The van der Waals surface area contributed by atoms with Crippen molar-refractivity contribution in [3.8, 4) is 17.1 Å².